The molecule has 0 amide bonds. The molecule has 0 unspecified atom stereocenters. The predicted octanol–water partition coefficient (Wildman–Crippen LogP) is -3.11. The molecule has 0 spiro atoms. The van der Waals surface area contributed by atoms with Crippen LogP contribution in [0.15, 0.2) is 11.8 Å². The van der Waals surface area contributed by atoms with Crippen LogP contribution in [0.3, 0.4) is 0 Å². The van der Waals surface area contributed by atoms with E-state index in [1.807, 2.05) is 0 Å². The van der Waals surface area contributed by atoms with Crippen molar-refractivity contribution >= 4 is 31.7 Å². The first-order valence-electron chi connectivity index (χ1n) is 4.97. The summed E-state index contributed by atoms with van der Waals surface area (Å²) in [5.41, 5.74) is -5.80. The minimum atomic E-state index is -5.93. The SMILES string of the molecule is O=[N+]([O-])C1=CC(=[N+]([O-])[O-])[C@H](S(=O)(=O)[O-])C(=[N+]([O-])[O-])[C@H]1S(=O)(=O)[O-]. The van der Waals surface area contributed by atoms with Crippen LogP contribution in [0.25, 0.3) is 0 Å². The molecule has 1 aliphatic rings. The fraction of sp³-hybridized carbons (Fsp3) is 0.333. The minimum absolute atomic E-state index is 0.257. The van der Waals surface area contributed by atoms with Gasteiger partial charge in [-0.05, 0) is 0 Å². The Labute approximate surface area is 126 Å². The summed E-state index contributed by atoms with van der Waals surface area (Å²) in [5.74, 6) is 0. The van der Waals surface area contributed by atoms with Gasteiger partial charge in [-0.25, -0.2) is 16.8 Å². The van der Waals surface area contributed by atoms with E-state index in [4.69, 9.17) is 0 Å². The van der Waals surface area contributed by atoms with Crippen LogP contribution in [0.4, 0.5) is 0 Å². The maximum Gasteiger partial charge on any atom is 0.280 e. The molecule has 0 saturated heterocycles. The Hall–Kier alpha value is -2.50. The fourth-order valence-corrected chi connectivity index (χ4v) is 3.85. The Morgan fingerprint density at radius 2 is 1.26 bits per heavy atom. The van der Waals surface area contributed by atoms with Crippen LogP contribution in [-0.2, 0) is 20.2 Å². The summed E-state index contributed by atoms with van der Waals surface area (Å²) in [7, 11) is -11.9. The maximum atomic E-state index is 11.1. The number of hydrogen-bond acceptors (Lipinski definition) is 12. The molecule has 130 valence electrons. The molecule has 0 heterocycles. The monoisotopic (exact) mass is 373 g/mol. The second-order valence-corrected chi connectivity index (χ2v) is 6.85. The van der Waals surface area contributed by atoms with Crippen LogP contribution in [0, 0.1) is 30.9 Å². The standard InChI is InChI=1S/C6H5N3O12S2/c10-7(11)2-1-3(8(12)13)6(23(19,20)21)4(9(14)15)5(2)22(16,17)18/h1,5-6H,(H2-2,10,11,14,15,16,17,18,19,20,21)/q-2/p-2/t5-,6-/m0/s1. The molecule has 0 bridgehead atoms. The van der Waals surface area contributed by atoms with Gasteiger partial charge in [0.15, 0.2) is 0 Å². The molecule has 0 aromatic carbocycles. The first kappa shape index (κ1) is 18.5. The summed E-state index contributed by atoms with van der Waals surface area (Å²) in [6.07, 6.45) is -0.257. The first-order valence-corrected chi connectivity index (χ1v) is 7.91. The third kappa shape index (κ3) is 3.47. The molecule has 1 rings (SSSR count). The number of nitrogens with zero attached hydrogens (tertiary/aromatic N) is 3. The van der Waals surface area contributed by atoms with Crippen molar-refractivity contribution in [3.05, 3.63) is 42.7 Å². The van der Waals surface area contributed by atoms with Gasteiger partial charge in [0.25, 0.3) is 5.70 Å². The topological polar surface area (TPSA) is 256 Å². The largest absolute Gasteiger partial charge is 0.747 e. The molecule has 1 aliphatic carbocycles. The van der Waals surface area contributed by atoms with Crippen molar-refractivity contribution < 1.29 is 40.7 Å². The van der Waals surface area contributed by atoms with Gasteiger partial charge in [-0.15, -0.1) is 0 Å². The molecule has 0 aromatic rings. The van der Waals surface area contributed by atoms with E-state index in [1.165, 1.54) is 0 Å². The van der Waals surface area contributed by atoms with Gasteiger partial charge in [0.2, 0.25) is 21.9 Å². The molecule has 0 radical (unpaired) electrons. The van der Waals surface area contributed by atoms with Gasteiger partial charge in [0, 0.05) is 0 Å². The Morgan fingerprint density at radius 1 is 0.826 bits per heavy atom. The highest BCUT2D eigenvalue weighted by Crippen LogP contribution is 2.25. The minimum Gasteiger partial charge on any atom is -0.747 e. The van der Waals surface area contributed by atoms with Crippen molar-refractivity contribution in [1.29, 1.82) is 0 Å². The zero-order valence-corrected chi connectivity index (χ0v) is 11.9. The second kappa shape index (κ2) is 5.61. The fourth-order valence-electron chi connectivity index (χ4n) is 1.82. The van der Waals surface area contributed by atoms with Gasteiger partial charge >= 0.3 is 0 Å². The quantitative estimate of drug-likeness (QED) is 0.206. The smallest absolute Gasteiger partial charge is 0.280 e. The third-order valence-corrected chi connectivity index (χ3v) is 4.70. The summed E-state index contributed by atoms with van der Waals surface area (Å²) in [6.45, 7) is 0. The number of rotatable bonds is 3. The molecular formula is C6H3N3O12S2-4. The highest BCUT2D eigenvalue weighted by Gasteiger charge is 2.54. The van der Waals surface area contributed by atoms with Gasteiger partial charge in [-0.3, -0.25) is 10.1 Å². The summed E-state index contributed by atoms with van der Waals surface area (Å²) < 4.78 is 66.4. The second-order valence-electron chi connectivity index (χ2n) is 3.94. The highest BCUT2D eigenvalue weighted by atomic mass is 32.2. The van der Waals surface area contributed by atoms with E-state index in [1.54, 1.807) is 0 Å². The van der Waals surface area contributed by atoms with Crippen LogP contribution in [-0.4, -0.2) is 62.6 Å². The van der Waals surface area contributed by atoms with E-state index >= 15 is 0 Å². The number of hydrogen-bond donors (Lipinski definition) is 0. The van der Waals surface area contributed by atoms with Gasteiger partial charge in [0.1, 0.15) is 20.2 Å². The number of nitro groups is 1. The van der Waals surface area contributed by atoms with E-state index in [0.29, 0.717) is 0 Å². The zero-order chi connectivity index (χ0) is 18.3. The lowest BCUT2D eigenvalue weighted by molar-refractivity contribution is -0.430. The van der Waals surface area contributed by atoms with E-state index < -0.39 is 62.6 Å². The lowest BCUT2D eigenvalue weighted by Crippen LogP contribution is -2.55. The van der Waals surface area contributed by atoms with Crippen LogP contribution >= 0.6 is 0 Å². The Morgan fingerprint density at radius 3 is 1.52 bits per heavy atom. The Kier molecular flexibility index (Phi) is 4.52. The average Bonchev–Trinajstić information content (AvgIpc) is 2.33. The van der Waals surface area contributed by atoms with Crippen molar-refractivity contribution in [2.24, 2.45) is 0 Å². The molecule has 15 nitrogen and oxygen atoms in total. The maximum absolute atomic E-state index is 11.1. The van der Waals surface area contributed by atoms with Gasteiger partial charge in [-0.1, -0.05) is 0 Å². The highest BCUT2D eigenvalue weighted by molar-refractivity contribution is 7.89. The molecule has 17 heteroatoms. The Balaban J connectivity index is 4.07. The summed E-state index contributed by atoms with van der Waals surface area (Å²) >= 11 is 0. The van der Waals surface area contributed by atoms with Crippen molar-refractivity contribution in [2.75, 3.05) is 0 Å². The third-order valence-electron chi connectivity index (χ3n) is 2.58. The van der Waals surface area contributed by atoms with Crippen LogP contribution in [0.2, 0.25) is 0 Å². The predicted molar refractivity (Wildman–Crippen MR) is 66.1 cm³/mol. The van der Waals surface area contributed by atoms with Crippen molar-refractivity contribution in [1.82, 2.24) is 0 Å². The van der Waals surface area contributed by atoms with Crippen molar-refractivity contribution in [3.63, 3.8) is 0 Å². The lowest BCUT2D eigenvalue weighted by atomic mass is 9.99. The Bertz CT molecular complexity index is 841. The zero-order valence-electron chi connectivity index (χ0n) is 10.3. The van der Waals surface area contributed by atoms with Crippen LogP contribution in [0.5, 0.6) is 0 Å². The van der Waals surface area contributed by atoms with E-state index in [9.17, 15) is 56.9 Å². The van der Waals surface area contributed by atoms with Crippen LogP contribution < -0.4 is 0 Å². The molecule has 0 saturated carbocycles. The molecule has 0 aromatic heterocycles. The van der Waals surface area contributed by atoms with Crippen molar-refractivity contribution in [2.45, 2.75) is 10.5 Å². The van der Waals surface area contributed by atoms with E-state index in [-0.39, 0.29) is 6.08 Å². The number of allylic oxidation sites excluding steroid dienone is 1. The molecule has 0 aliphatic heterocycles. The summed E-state index contributed by atoms with van der Waals surface area (Å²) in [6, 6.07) is 0. The molecular weight excluding hydrogens is 370 g/mol. The summed E-state index contributed by atoms with van der Waals surface area (Å²) in [5, 5.41) is 47.4. The molecule has 2 atom stereocenters. The normalized spacial score (nSPS) is 22.4. The lowest BCUT2D eigenvalue weighted by Gasteiger charge is -2.30. The molecule has 0 fully saturated rings. The van der Waals surface area contributed by atoms with Crippen molar-refractivity contribution in [3.8, 4) is 0 Å². The van der Waals surface area contributed by atoms with Gasteiger partial charge in [0.05, 0.1) is 11.0 Å². The first-order chi connectivity index (χ1) is 10.2. The van der Waals surface area contributed by atoms with Gasteiger partial charge < -0.3 is 29.9 Å². The van der Waals surface area contributed by atoms with E-state index in [2.05, 4.69) is 0 Å². The van der Waals surface area contributed by atoms with Gasteiger partial charge in [-0.2, -0.15) is 9.80 Å². The summed E-state index contributed by atoms with van der Waals surface area (Å²) in [4.78, 5) is 5.62. The molecule has 23 heavy (non-hydrogen) atoms. The average molecular weight is 373 g/mol. The molecule has 0 N–H and O–H groups in total. The van der Waals surface area contributed by atoms with E-state index in [0.717, 1.165) is 0 Å². The van der Waals surface area contributed by atoms with Crippen LogP contribution in [0.1, 0.15) is 0 Å².